The van der Waals surface area contributed by atoms with Crippen LogP contribution in [0.15, 0.2) is 18.2 Å². The van der Waals surface area contributed by atoms with Crippen molar-refractivity contribution >= 4 is 23.2 Å². The van der Waals surface area contributed by atoms with E-state index >= 15 is 0 Å². The standard InChI is InChI=1S/C12H14N2O3S/c1-2-5-13-12(18)14-11(15)8-3-4-9-10(6-8)17-7-16-9/h3-4,6H,2,5,7H2,1H3,(H2,13,14,15,18). The van der Waals surface area contributed by atoms with Gasteiger partial charge in [-0.2, -0.15) is 0 Å². The van der Waals surface area contributed by atoms with E-state index in [1.54, 1.807) is 18.2 Å². The molecular formula is C12H14N2O3S. The summed E-state index contributed by atoms with van der Waals surface area (Å²) in [7, 11) is 0. The largest absolute Gasteiger partial charge is 0.454 e. The minimum absolute atomic E-state index is 0.191. The van der Waals surface area contributed by atoms with Gasteiger partial charge in [0.1, 0.15) is 0 Å². The molecule has 0 aliphatic carbocycles. The molecule has 1 aliphatic heterocycles. The molecule has 0 spiro atoms. The second-order valence-corrected chi connectivity index (χ2v) is 4.19. The first-order valence-corrected chi connectivity index (χ1v) is 6.10. The summed E-state index contributed by atoms with van der Waals surface area (Å²) in [4.78, 5) is 11.9. The van der Waals surface area contributed by atoms with Gasteiger partial charge in [-0.05, 0) is 36.8 Å². The third-order valence-corrected chi connectivity index (χ3v) is 2.64. The summed E-state index contributed by atoms with van der Waals surface area (Å²) < 4.78 is 10.4. The Labute approximate surface area is 110 Å². The predicted octanol–water partition coefficient (Wildman–Crippen LogP) is 1.43. The van der Waals surface area contributed by atoms with Crippen LogP contribution in [0.1, 0.15) is 23.7 Å². The lowest BCUT2D eigenvalue weighted by atomic mass is 10.2. The van der Waals surface area contributed by atoms with E-state index < -0.39 is 0 Å². The Morgan fingerprint density at radius 3 is 2.94 bits per heavy atom. The van der Waals surface area contributed by atoms with Crippen molar-refractivity contribution in [3.63, 3.8) is 0 Å². The van der Waals surface area contributed by atoms with E-state index in [0.29, 0.717) is 22.2 Å². The molecule has 0 aromatic heterocycles. The molecule has 1 aromatic rings. The van der Waals surface area contributed by atoms with Gasteiger partial charge in [0.2, 0.25) is 6.79 Å². The molecule has 0 atom stereocenters. The molecule has 96 valence electrons. The maximum Gasteiger partial charge on any atom is 0.257 e. The molecular weight excluding hydrogens is 252 g/mol. The number of benzene rings is 1. The van der Waals surface area contributed by atoms with Crippen LogP contribution in [-0.2, 0) is 0 Å². The van der Waals surface area contributed by atoms with Crippen LogP contribution in [0.4, 0.5) is 0 Å². The lowest BCUT2D eigenvalue weighted by molar-refractivity contribution is 0.0976. The Balaban J connectivity index is 1.99. The molecule has 1 aromatic carbocycles. The molecule has 6 heteroatoms. The third kappa shape index (κ3) is 2.89. The second-order valence-electron chi connectivity index (χ2n) is 3.78. The Hall–Kier alpha value is -1.82. The van der Waals surface area contributed by atoms with Gasteiger partial charge in [0.15, 0.2) is 16.6 Å². The fraction of sp³-hybridized carbons (Fsp3) is 0.333. The van der Waals surface area contributed by atoms with Crippen molar-refractivity contribution in [1.82, 2.24) is 10.6 Å². The highest BCUT2D eigenvalue weighted by molar-refractivity contribution is 7.80. The quantitative estimate of drug-likeness (QED) is 0.811. The number of ether oxygens (including phenoxy) is 2. The van der Waals surface area contributed by atoms with Crippen molar-refractivity contribution in [1.29, 1.82) is 0 Å². The number of carbonyl (C=O) groups is 1. The molecule has 2 rings (SSSR count). The number of carbonyl (C=O) groups excluding carboxylic acids is 1. The lowest BCUT2D eigenvalue weighted by Crippen LogP contribution is -2.39. The van der Waals surface area contributed by atoms with Gasteiger partial charge in [-0.15, -0.1) is 0 Å². The van der Waals surface area contributed by atoms with Gasteiger partial charge in [0.25, 0.3) is 5.91 Å². The smallest absolute Gasteiger partial charge is 0.257 e. The third-order valence-electron chi connectivity index (χ3n) is 2.40. The number of fused-ring (bicyclic) bond motifs is 1. The maximum atomic E-state index is 11.9. The molecule has 0 unspecified atom stereocenters. The summed E-state index contributed by atoms with van der Waals surface area (Å²) in [6.07, 6.45) is 0.944. The van der Waals surface area contributed by atoms with E-state index in [0.717, 1.165) is 13.0 Å². The number of thiocarbonyl (C=S) groups is 1. The highest BCUT2D eigenvalue weighted by Crippen LogP contribution is 2.32. The fourth-order valence-electron chi connectivity index (χ4n) is 1.50. The molecule has 18 heavy (non-hydrogen) atoms. The van der Waals surface area contributed by atoms with E-state index in [4.69, 9.17) is 21.7 Å². The molecule has 1 amide bonds. The molecule has 1 heterocycles. The number of rotatable bonds is 3. The maximum absolute atomic E-state index is 11.9. The predicted molar refractivity (Wildman–Crippen MR) is 70.9 cm³/mol. The highest BCUT2D eigenvalue weighted by Gasteiger charge is 2.16. The van der Waals surface area contributed by atoms with Crippen LogP contribution in [0, 0.1) is 0 Å². The monoisotopic (exact) mass is 266 g/mol. The van der Waals surface area contributed by atoms with Crippen LogP contribution >= 0.6 is 12.2 Å². The van der Waals surface area contributed by atoms with Gasteiger partial charge in [-0.25, -0.2) is 0 Å². The van der Waals surface area contributed by atoms with Crippen LogP contribution in [0.2, 0.25) is 0 Å². The lowest BCUT2D eigenvalue weighted by Gasteiger charge is -2.08. The van der Waals surface area contributed by atoms with Gasteiger partial charge in [0.05, 0.1) is 0 Å². The van der Waals surface area contributed by atoms with Gasteiger partial charge in [-0.1, -0.05) is 6.92 Å². The molecule has 0 saturated carbocycles. The minimum atomic E-state index is -0.262. The SMILES string of the molecule is CCCNC(=S)NC(=O)c1ccc2c(c1)OCO2. The van der Waals surface area contributed by atoms with Crippen molar-refractivity contribution < 1.29 is 14.3 Å². The Morgan fingerprint density at radius 2 is 2.17 bits per heavy atom. The van der Waals surface area contributed by atoms with Crippen LogP contribution in [0.5, 0.6) is 11.5 Å². The number of nitrogens with one attached hydrogen (secondary N) is 2. The summed E-state index contributed by atoms with van der Waals surface area (Å²) in [5.41, 5.74) is 0.486. The molecule has 2 N–H and O–H groups in total. The van der Waals surface area contributed by atoms with Gasteiger partial charge in [-0.3, -0.25) is 10.1 Å². The fourth-order valence-corrected chi connectivity index (χ4v) is 1.69. The van der Waals surface area contributed by atoms with Crippen LogP contribution < -0.4 is 20.1 Å². The number of hydrogen-bond donors (Lipinski definition) is 2. The Morgan fingerprint density at radius 1 is 1.39 bits per heavy atom. The summed E-state index contributed by atoms with van der Waals surface area (Å²) in [5, 5.41) is 5.87. The highest BCUT2D eigenvalue weighted by atomic mass is 32.1. The average molecular weight is 266 g/mol. The van der Waals surface area contributed by atoms with Crippen LogP contribution in [0.3, 0.4) is 0 Å². The molecule has 5 nitrogen and oxygen atoms in total. The van der Waals surface area contributed by atoms with Crippen molar-refractivity contribution in [2.75, 3.05) is 13.3 Å². The normalized spacial score (nSPS) is 12.1. The van der Waals surface area contributed by atoms with Crippen molar-refractivity contribution in [3.05, 3.63) is 23.8 Å². The first kappa shape index (κ1) is 12.6. The Bertz CT molecular complexity index is 476. The van der Waals surface area contributed by atoms with Crippen molar-refractivity contribution in [3.8, 4) is 11.5 Å². The zero-order valence-corrected chi connectivity index (χ0v) is 10.8. The van der Waals surface area contributed by atoms with Gasteiger partial charge >= 0.3 is 0 Å². The van der Waals surface area contributed by atoms with E-state index in [9.17, 15) is 4.79 Å². The van der Waals surface area contributed by atoms with Crippen LogP contribution in [-0.4, -0.2) is 24.4 Å². The summed E-state index contributed by atoms with van der Waals surface area (Å²) in [5.74, 6) is 0.968. The summed E-state index contributed by atoms with van der Waals surface area (Å²) in [6, 6.07) is 5.02. The van der Waals surface area contributed by atoms with E-state index in [1.807, 2.05) is 6.92 Å². The Kier molecular flexibility index (Phi) is 3.99. The first-order valence-electron chi connectivity index (χ1n) is 5.69. The molecule has 0 radical (unpaired) electrons. The molecule has 0 fully saturated rings. The van der Waals surface area contributed by atoms with E-state index in [-0.39, 0.29) is 12.7 Å². The molecule has 0 bridgehead atoms. The zero-order valence-electron chi connectivity index (χ0n) is 9.99. The number of amides is 1. The molecule has 1 aliphatic rings. The van der Waals surface area contributed by atoms with E-state index in [2.05, 4.69) is 10.6 Å². The van der Waals surface area contributed by atoms with E-state index in [1.165, 1.54) is 0 Å². The topological polar surface area (TPSA) is 59.6 Å². The van der Waals surface area contributed by atoms with Gasteiger partial charge in [0, 0.05) is 12.1 Å². The molecule has 0 saturated heterocycles. The summed E-state index contributed by atoms with van der Waals surface area (Å²) in [6.45, 7) is 2.95. The first-order chi connectivity index (χ1) is 8.70. The van der Waals surface area contributed by atoms with Crippen LogP contribution in [0.25, 0.3) is 0 Å². The summed E-state index contributed by atoms with van der Waals surface area (Å²) >= 11 is 5.00. The second kappa shape index (κ2) is 5.68. The average Bonchev–Trinajstić information content (AvgIpc) is 2.83. The van der Waals surface area contributed by atoms with Gasteiger partial charge < -0.3 is 14.8 Å². The number of hydrogen-bond acceptors (Lipinski definition) is 4. The minimum Gasteiger partial charge on any atom is -0.454 e. The van der Waals surface area contributed by atoms with Crippen molar-refractivity contribution in [2.24, 2.45) is 0 Å². The van der Waals surface area contributed by atoms with Crippen molar-refractivity contribution in [2.45, 2.75) is 13.3 Å². The zero-order chi connectivity index (χ0) is 13.0.